The van der Waals surface area contributed by atoms with E-state index in [1.807, 2.05) is 6.92 Å². The number of rotatable bonds is 5. The van der Waals surface area contributed by atoms with Crippen molar-refractivity contribution in [1.29, 1.82) is 0 Å². The highest BCUT2D eigenvalue weighted by Crippen LogP contribution is 2.33. The van der Waals surface area contributed by atoms with Gasteiger partial charge >= 0.3 is 0 Å². The van der Waals surface area contributed by atoms with Crippen molar-refractivity contribution in [1.82, 2.24) is 4.72 Å². The smallest absolute Gasteiger partial charge is 0.240 e. The predicted molar refractivity (Wildman–Crippen MR) is 67.9 cm³/mol. The summed E-state index contributed by atoms with van der Waals surface area (Å²) < 4.78 is 39.6. The predicted octanol–water partition coefficient (Wildman–Crippen LogP) is 1.87. The summed E-state index contributed by atoms with van der Waals surface area (Å²) >= 11 is 0. The normalized spacial score (nSPS) is 17.7. The summed E-state index contributed by atoms with van der Waals surface area (Å²) in [5.41, 5.74) is 5.21. The molecule has 1 atom stereocenters. The summed E-state index contributed by atoms with van der Waals surface area (Å²) in [6.45, 7) is 1.84. The maximum Gasteiger partial charge on any atom is 0.240 e. The molecule has 1 saturated carbocycles. The molecule has 0 radical (unpaired) electrons. The SMILES string of the molecule is CC(CC1CC1)NS(=O)(=O)c1ccc(F)c(N)c1. The van der Waals surface area contributed by atoms with E-state index in [1.54, 1.807) is 0 Å². The zero-order valence-corrected chi connectivity index (χ0v) is 11.0. The zero-order valence-electron chi connectivity index (χ0n) is 10.2. The molecule has 1 aliphatic rings. The second-order valence-electron chi connectivity index (χ2n) is 4.88. The van der Waals surface area contributed by atoms with Gasteiger partial charge in [-0.2, -0.15) is 0 Å². The van der Waals surface area contributed by atoms with Gasteiger partial charge in [0.25, 0.3) is 0 Å². The van der Waals surface area contributed by atoms with Crippen LogP contribution in [0.1, 0.15) is 26.2 Å². The number of nitrogens with one attached hydrogen (secondary N) is 1. The second kappa shape index (κ2) is 4.85. The molecule has 0 amide bonds. The van der Waals surface area contributed by atoms with Crippen molar-refractivity contribution in [3.05, 3.63) is 24.0 Å². The van der Waals surface area contributed by atoms with Gasteiger partial charge in [0.1, 0.15) is 5.82 Å². The second-order valence-corrected chi connectivity index (χ2v) is 6.60. The molecule has 2 rings (SSSR count). The van der Waals surface area contributed by atoms with Gasteiger partial charge in [-0.1, -0.05) is 12.8 Å². The Labute approximate surface area is 106 Å². The first-order valence-corrected chi connectivity index (χ1v) is 7.44. The molecule has 0 bridgehead atoms. The molecular weight excluding hydrogens is 255 g/mol. The lowest BCUT2D eigenvalue weighted by molar-refractivity contribution is 0.529. The number of anilines is 1. The Morgan fingerprint density at radius 1 is 1.50 bits per heavy atom. The monoisotopic (exact) mass is 272 g/mol. The van der Waals surface area contributed by atoms with Gasteiger partial charge in [0.15, 0.2) is 0 Å². The number of sulfonamides is 1. The van der Waals surface area contributed by atoms with Crippen LogP contribution in [0.2, 0.25) is 0 Å². The van der Waals surface area contributed by atoms with E-state index in [0.717, 1.165) is 18.6 Å². The summed E-state index contributed by atoms with van der Waals surface area (Å²) in [7, 11) is -3.61. The van der Waals surface area contributed by atoms with Gasteiger partial charge in [-0.3, -0.25) is 0 Å². The van der Waals surface area contributed by atoms with E-state index in [-0.39, 0.29) is 16.6 Å². The maximum absolute atomic E-state index is 13.0. The Morgan fingerprint density at radius 2 is 2.17 bits per heavy atom. The van der Waals surface area contributed by atoms with E-state index in [4.69, 9.17) is 5.73 Å². The van der Waals surface area contributed by atoms with Gasteiger partial charge in [0, 0.05) is 6.04 Å². The van der Waals surface area contributed by atoms with Gasteiger partial charge in [0.05, 0.1) is 10.6 Å². The molecule has 0 heterocycles. The fraction of sp³-hybridized carbons (Fsp3) is 0.500. The minimum absolute atomic E-state index is 0.00375. The Balaban J connectivity index is 2.11. The number of benzene rings is 1. The van der Waals surface area contributed by atoms with E-state index in [1.165, 1.54) is 18.9 Å². The van der Waals surface area contributed by atoms with Crippen molar-refractivity contribution in [2.24, 2.45) is 5.92 Å². The number of hydrogen-bond donors (Lipinski definition) is 2. The molecule has 1 aromatic rings. The number of nitrogen functional groups attached to an aromatic ring is 1. The summed E-state index contributed by atoms with van der Waals surface area (Å²) in [4.78, 5) is 0.00375. The van der Waals surface area contributed by atoms with Crippen LogP contribution in [0, 0.1) is 11.7 Å². The third kappa shape index (κ3) is 3.20. The van der Waals surface area contributed by atoms with E-state index in [9.17, 15) is 12.8 Å². The standard InChI is InChI=1S/C12H17FN2O2S/c1-8(6-9-2-3-9)15-18(16,17)10-4-5-11(13)12(14)7-10/h4-5,7-9,15H,2-3,6,14H2,1H3. The fourth-order valence-electron chi connectivity index (χ4n) is 1.92. The van der Waals surface area contributed by atoms with Crippen LogP contribution in [0.3, 0.4) is 0 Å². The van der Waals surface area contributed by atoms with Crippen molar-refractivity contribution in [3.63, 3.8) is 0 Å². The Morgan fingerprint density at radius 3 is 2.72 bits per heavy atom. The highest BCUT2D eigenvalue weighted by Gasteiger charge is 2.26. The summed E-state index contributed by atoms with van der Waals surface area (Å²) in [6, 6.07) is 3.31. The zero-order chi connectivity index (χ0) is 13.3. The maximum atomic E-state index is 13.0. The largest absolute Gasteiger partial charge is 0.396 e. The Bertz CT molecular complexity index is 541. The Hall–Kier alpha value is -1.14. The van der Waals surface area contributed by atoms with Crippen LogP contribution in [0.4, 0.5) is 10.1 Å². The lowest BCUT2D eigenvalue weighted by Crippen LogP contribution is -2.33. The third-order valence-corrected chi connectivity index (χ3v) is 4.61. The molecule has 1 aromatic carbocycles. The lowest BCUT2D eigenvalue weighted by Gasteiger charge is -2.14. The van der Waals surface area contributed by atoms with Crippen molar-refractivity contribution in [2.75, 3.05) is 5.73 Å². The van der Waals surface area contributed by atoms with Gasteiger partial charge < -0.3 is 5.73 Å². The quantitative estimate of drug-likeness (QED) is 0.804. The minimum atomic E-state index is -3.61. The average molecular weight is 272 g/mol. The van der Waals surface area contributed by atoms with E-state index in [2.05, 4.69) is 4.72 Å². The van der Waals surface area contributed by atoms with Gasteiger partial charge in [0.2, 0.25) is 10.0 Å². The highest BCUT2D eigenvalue weighted by molar-refractivity contribution is 7.89. The van der Waals surface area contributed by atoms with Crippen molar-refractivity contribution >= 4 is 15.7 Å². The number of nitrogens with two attached hydrogens (primary N) is 1. The van der Waals surface area contributed by atoms with Crippen LogP contribution < -0.4 is 10.5 Å². The molecule has 18 heavy (non-hydrogen) atoms. The first kappa shape index (κ1) is 13.3. The molecule has 6 heteroatoms. The van der Waals surface area contributed by atoms with E-state index < -0.39 is 15.8 Å². The molecule has 100 valence electrons. The minimum Gasteiger partial charge on any atom is -0.396 e. The topological polar surface area (TPSA) is 72.2 Å². The van der Waals surface area contributed by atoms with Gasteiger partial charge in [-0.25, -0.2) is 17.5 Å². The van der Waals surface area contributed by atoms with Gasteiger partial charge in [-0.15, -0.1) is 0 Å². The highest BCUT2D eigenvalue weighted by atomic mass is 32.2. The summed E-state index contributed by atoms with van der Waals surface area (Å²) in [6.07, 6.45) is 3.20. The Kier molecular flexibility index (Phi) is 3.59. The fourth-order valence-corrected chi connectivity index (χ4v) is 3.21. The van der Waals surface area contributed by atoms with Crippen LogP contribution in [0.15, 0.2) is 23.1 Å². The van der Waals surface area contributed by atoms with E-state index >= 15 is 0 Å². The number of halogens is 1. The summed E-state index contributed by atoms with van der Waals surface area (Å²) in [5, 5.41) is 0. The molecule has 0 saturated heterocycles. The molecular formula is C12H17FN2O2S. The molecule has 1 aliphatic carbocycles. The summed E-state index contributed by atoms with van der Waals surface area (Å²) in [5.74, 6) is 0.0287. The molecule has 0 aliphatic heterocycles. The molecule has 3 N–H and O–H groups in total. The molecule has 0 spiro atoms. The van der Waals surface area contributed by atoms with Crippen molar-refractivity contribution in [2.45, 2.75) is 37.1 Å². The molecule has 4 nitrogen and oxygen atoms in total. The van der Waals surface area contributed by atoms with Crippen molar-refractivity contribution in [3.8, 4) is 0 Å². The first-order valence-electron chi connectivity index (χ1n) is 5.96. The van der Waals surface area contributed by atoms with Crippen LogP contribution >= 0.6 is 0 Å². The van der Waals surface area contributed by atoms with Crippen LogP contribution in [0.5, 0.6) is 0 Å². The average Bonchev–Trinajstić information content (AvgIpc) is 3.04. The third-order valence-electron chi connectivity index (χ3n) is 3.02. The first-order chi connectivity index (χ1) is 8.38. The van der Waals surface area contributed by atoms with Gasteiger partial charge in [-0.05, 0) is 37.5 Å². The van der Waals surface area contributed by atoms with E-state index in [0.29, 0.717) is 5.92 Å². The van der Waals surface area contributed by atoms with Crippen LogP contribution in [0.25, 0.3) is 0 Å². The van der Waals surface area contributed by atoms with Crippen molar-refractivity contribution < 1.29 is 12.8 Å². The number of hydrogen-bond acceptors (Lipinski definition) is 3. The van der Waals surface area contributed by atoms with Crippen LogP contribution in [-0.2, 0) is 10.0 Å². The molecule has 1 fully saturated rings. The lowest BCUT2D eigenvalue weighted by atomic mass is 10.2. The molecule has 0 aromatic heterocycles. The van der Waals surface area contributed by atoms with Crippen LogP contribution in [-0.4, -0.2) is 14.5 Å². The molecule has 1 unspecified atom stereocenters.